The predicted molar refractivity (Wildman–Crippen MR) is 102 cm³/mol. The van der Waals surface area contributed by atoms with Gasteiger partial charge in [0.25, 0.3) is 0 Å². The van der Waals surface area contributed by atoms with Crippen LogP contribution in [0.15, 0.2) is 47.1 Å². The number of likely N-dealkylation sites (tertiary alicyclic amines) is 1. The number of piperidine rings is 1. The second kappa shape index (κ2) is 8.31. The minimum atomic E-state index is 0.219. The molecule has 0 unspecified atom stereocenters. The SMILES string of the molecule is Cc1ccccc1NC(=S)NC[C@@H](c1ccco1)N1CCCCC1. The van der Waals surface area contributed by atoms with Crippen molar-refractivity contribution in [3.8, 4) is 0 Å². The molecule has 2 aromatic rings. The van der Waals surface area contributed by atoms with Gasteiger partial charge in [-0.05, 0) is 68.8 Å². The van der Waals surface area contributed by atoms with Crippen LogP contribution in [0.4, 0.5) is 5.69 Å². The number of aryl methyl sites for hydroxylation is 1. The molecule has 0 saturated carbocycles. The smallest absolute Gasteiger partial charge is 0.170 e. The van der Waals surface area contributed by atoms with E-state index in [1.807, 2.05) is 24.3 Å². The van der Waals surface area contributed by atoms with Crippen molar-refractivity contribution in [1.29, 1.82) is 0 Å². The number of hydrogen-bond donors (Lipinski definition) is 2. The van der Waals surface area contributed by atoms with E-state index in [0.717, 1.165) is 31.1 Å². The number of furan rings is 1. The molecule has 1 aliphatic rings. The molecule has 2 N–H and O–H groups in total. The summed E-state index contributed by atoms with van der Waals surface area (Å²) in [5.74, 6) is 1.00. The summed E-state index contributed by atoms with van der Waals surface area (Å²) in [6.45, 7) is 5.05. The zero-order chi connectivity index (χ0) is 16.8. The predicted octanol–water partition coefficient (Wildman–Crippen LogP) is 4.10. The third kappa shape index (κ3) is 4.36. The topological polar surface area (TPSA) is 40.4 Å². The summed E-state index contributed by atoms with van der Waals surface area (Å²) >= 11 is 5.47. The largest absolute Gasteiger partial charge is 0.468 e. The molecule has 0 aliphatic carbocycles. The first-order valence-corrected chi connectivity index (χ1v) is 9.03. The summed E-state index contributed by atoms with van der Waals surface area (Å²) in [4.78, 5) is 2.49. The fraction of sp³-hybridized carbons (Fsp3) is 0.421. The van der Waals surface area contributed by atoms with Gasteiger partial charge in [-0.3, -0.25) is 4.90 Å². The molecule has 3 rings (SSSR count). The van der Waals surface area contributed by atoms with Crippen molar-refractivity contribution in [2.24, 2.45) is 0 Å². The van der Waals surface area contributed by atoms with Crippen LogP contribution in [0.3, 0.4) is 0 Å². The molecule has 0 amide bonds. The van der Waals surface area contributed by atoms with Gasteiger partial charge in [0.05, 0.1) is 12.3 Å². The third-order valence-corrected chi connectivity index (χ3v) is 4.80. The van der Waals surface area contributed by atoms with Gasteiger partial charge in [0.1, 0.15) is 5.76 Å². The highest BCUT2D eigenvalue weighted by Gasteiger charge is 2.24. The number of anilines is 1. The van der Waals surface area contributed by atoms with E-state index in [1.165, 1.54) is 24.8 Å². The van der Waals surface area contributed by atoms with Crippen molar-refractivity contribution in [2.75, 3.05) is 25.0 Å². The van der Waals surface area contributed by atoms with Gasteiger partial charge in [0.15, 0.2) is 5.11 Å². The zero-order valence-corrected chi connectivity index (χ0v) is 14.9. The maximum atomic E-state index is 5.67. The highest BCUT2D eigenvalue weighted by molar-refractivity contribution is 7.80. The highest BCUT2D eigenvalue weighted by Crippen LogP contribution is 2.24. The van der Waals surface area contributed by atoms with Gasteiger partial charge in [-0.15, -0.1) is 0 Å². The molecule has 0 radical (unpaired) electrons. The molecule has 1 atom stereocenters. The second-order valence-corrected chi connectivity index (χ2v) is 6.69. The Bertz CT molecular complexity index is 650. The summed E-state index contributed by atoms with van der Waals surface area (Å²) in [5, 5.41) is 7.30. The number of nitrogens with one attached hydrogen (secondary N) is 2. The summed E-state index contributed by atoms with van der Waals surface area (Å²) in [7, 11) is 0. The molecule has 4 nitrogen and oxygen atoms in total. The minimum absolute atomic E-state index is 0.219. The Balaban J connectivity index is 1.61. The Morgan fingerprint density at radius 1 is 1.17 bits per heavy atom. The maximum absolute atomic E-state index is 5.67. The van der Waals surface area contributed by atoms with E-state index >= 15 is 0 Å². The molecule has 1 aromatic heterocycles. The molecular formula is C19H25N3OS. The van der Waals surface area contributed by atoms with Gasteiger partial charge in [0.2, 0.25) is 0 Å². The Kier molecular flexibility index (Phi) is 5.88. The monoisotopic (exact) mass is 343 g/mol. The number of rotatable bonds is 5. The van der Waals surface area contributed by atoms with Crippen molar-refractivity contribution in [3.63, 3.8) is 0 Å². The van der Waals surface area contributed by atoms with Gasteiger partial charge in [-0.2, -0.15) is 0 Å². The molecule has 0 bridgehead atoms. The minimum Gasteiger partial charge on any atom is -0.468 e. The summed E-state index contributed by atoms with van der Waals surface area (Å²) in [5.41, 5.74) is 2.22. The van der Waals surface area contributed by atoms with Crippen molar-refractivity contribution >= 4 is 23.0 Å². The average molecular weight is 343 g/mol. The summed E-state index contributed by atoms with van der Waals surface area (Å²) in [6.07, 6.45) is 5.57. The molecule has 1 aromatic carbocycles. The number of nitrogens with zero attached hydrogens (tertiary/aromatic N) is 1. The van der Waals surface area contributed by atoms with Crippen molar-refractivity contribution in [2.45, 2.75) is 32.2 Å². The average Bonchev–Trinajstić information content (AvgIpc) is 3.12. The van der Waals surface area contributed by atoms with E-state index in [-0.39, 0.29) is 6.04 Å². The van der Waals surface area contributed by atoms with Crippen LogP contribution in [-0.2, 0) is 0 Å². The van der Waals surface area contributed by atoms with Crippen LogP contribution in [-0.4, -0.2) is 29.6 Å². The van der Waals surface area contributed by atoms with E-state index in [4.69, 9.17) is 16.6 Å². The lowest BCUT2D eigenvalue weighted by Crippen LogP contribution is -2.41. The second-order valence-electron chi connectivity index (χ2n) is 6.28. The first-order chi connectivity index (χ1) is 11.7. The van der Waals surface area contributed by atoms with Crippen LogP contribution in [0.5, 0.6) is 0 Å². The lowest BCUT2D eigenvalue weighted by Gasteiger charge is -2.33. The highest BCUT2D eigenvalue weighted by atomic mass is 32.1. The molecule has 0 spiro atoms. The first kappa shape index (κ1) is 17.0. The molecular weight excluding hydrogens is 318 g/mol. The fourth-order valence-electron chi connectivity index (χ4n) is 3.19. The third-order valence-electron chi connectivity index (χ3n) is 4.55. The molecule has 1 aliphatic heterocycles. The van der Waals surface area contributed by atoms with Crippen LogP contribution in [0.1, 0.15) is 36.6 Å². The van der Waals surface area contributed by atoms with Gasteiger partial charge in [-0.25, -0.2) is 0 Å². The van der Waals surface area contributed by atoms with E-state index in [2.05, 4.69) is 34.6 Å². The van der Waals surface area contributed by atoms with Crippen LogP contribution in [0, 0.1) is 6.92 Å². The van der Waals surface area contributed by atoms with Crippen molar-refractivity contribution in [1.82, 2.24) is 10.2 Å². The lowest BCUT2D eigenvalue weighted by molar-refractivity contribution is 0.146. The quantitative estimate of drug-likeness (QED) is 0.800. The molecule has 128 valence electrons. The summed E-state index contributed by atoms with van der Waals surface area (Å²) in [6, 6.07) is 12.4. The Morgan fingerprint density at radius 3 is 2.67 bits per heavy atom. The van der Waals surface area contributed by atoms with E-state index in [1.54, 1.807) is 6.26 Å². The molecule has 1 saturated heterocycles. The van der Waals surface area contributed by atoms with Gasteiger partial charge in [0, 0.05) is 12.2 Å². The fourth-order valence-corrected chi connectivity index (χ4v) is 3.38. The van der Waals surface area contributed by atoms with Gasteiger partial charge >= 0.3 is 0 Å². The first-order valence-electron chi connectivity index (χ1n) is 8.62. The van der Waals surface area contributed by atoms with Gasteiger partial charge < -0.3 is 15.1 Å². The Labute approximate surface area is 149 Å². The normalized spacial score (nSPS) is 16.5. The van der Waals surface area contributed by atoms with Crippen molar-refractivity contribution in [3.05, 3.63) is 54.0 Å². The number of para-hydroxylation sites is 1. The zero-order valence-electron chi connectivity index (χ0n) is 14.1. The van der Waals surface area contributed by atoms with Crippen LogP contribution in [0.25, 0.3) is 0 Å². The molecule has 24 heavy (non-hydrogen) atoms. The number of thiocarbonyl (C=S) groups is 1. The Morgan fingerprint density at radius 2 is 1.96 bits per heavy atom. The number of benzene rings is 1. The van der Waals surface area contributed by atoms with Crippen LogP contribution in [0.2, 0.25) is 0 Å². The van der Waals surface area contributed by atoms with E-state index in [9.17, 15) is 0 Å². The summed E-state index contributed by atoms with van der Waals surface area (Å²) < 4.78 is 5.67. The van der Waals surface area contributed by atoms with Crippen LogP contribution < -0.4 is 10.6 Å². The van der Waals surface area contributed by atoms with E-state index in [0.29, 0.717) is 5.11 Å². The van der Waals surface area contributed by atoms with Crippen LogP contribution >= 0.6 is 12.2 Å². The van der Waals surface area contributed by atoms with Gasteiger partial charge in [-0.1, -0.05) is 24.6 Å². The standard InChI is InChI=1S/C19H25N3OS/c1-15-8-3-4-9-16(15)21-19(24)20-14-17(18-10-7-13-23-18)22-11-5-2-6-12-22/h3-4,7-10,13,17H,2,5-6,11-12,14H2,1H3,(H2,20,21,24)/t17-/m0/s1. The number of hydrogen-bond acceptors (Lipinski definition) is 3. The lowest BCUT2D eigenvalue weighted by atomic mass is 10.1. The van der Waals surface area contributed by atoms with E-state index < -0.39 is 0 Å². The molecule has 2 heterocycles. The maximum Gasteiger partial charge on any atom is 0.170 e. The van der Waals surface area contributed by atoms with Crippen molar-refractivity contribution < 1.29 is 4.42 Å². The Hall–Kier alpha value is -1.85. The molecule has 5 heteroatoms. The molecule has 1 fully saturated rings.